The second-order valence-corrected chi connectivity index (χ2v) is 6.46. The van der Waals surface area contributed by atoms with Gasteiger partial charge < -0.3 is 15.0 Å². The fraction of sp³-hybridized carbons (Fsp3) is 0.474. The third-order valence-corrected chi connectivity index (χ3v) is 4.46. The van der Waals surface area contributed by atoms with Gasteiger partial charge in [0.15, 0.2) is 0 Å². The summed E-state index contributed by atoms with van der Waals surface area (Å²) in [7, 11) is 1.69. The first kappa shape index (κ1) is 16.6. The molecule has 0 saturated carbocycles. The second kappa shape index (κ2) is 7.99. The minimum Gasteiger partial charge on any atom is -0.497 e. The van der Waals surface area contributed by atoms with Gasteiger partial charge in [-0.2, -0.15) is 4.98 Å². The Balaban J connectivity index is 1.54. The predicted octanol–water partition coefficient (Wildman–Crippen LogP) is 3.38. The highest BCUT2D eigenvalue weighted by Gasteiger charge is 2.18. The lowest BCUT2D eigenvalue weighted by Crippen LogP contribution is -2.35. The third-order valence-electron chi connectivity index (χ3n) is 4.46. The summed E-state index contributed by atoms with van der Waals surface area (Å²) in [5.41, 5.74) is 1.28. The molecule has 1 aliphatic rings. The smallest absolute Gasteiger partial charge is 0.227 e. The number of methoxy groups -OCH3 is 1. The number of ether oxygens (including phenoxy) is 1. The van der Waals surface area contributed by atoms with Gasteiger partial charge in [-0.15, -0.1) is 0 Å². The van der Waals surface area contributed by atoms with Gasteiger partial charge in [0.05, 0.1) is 7.11 Å². The molecule has 24 heavy (non-hydrogen) atoms. The lowest BCUT2D eigenvalue weighted by atomic mass is 10.0. The average Bonchev–Trinajstić information content (AvgIpc) is 2.63. The van der Waals surface area contributed by atoms with E-state index < -0.39 is 0 Å². The monoisotopic (exact) mass is 326 g/mol. The molecule has 5 heteroatoms. The average molecular weight is 326 g/mol. The van der Waals surface area contributed by atoms with Crippen LogP contribution in [0.4, 0.5) is 11.8 Å². The van der Waals surface area contributed by atoms with Gasteiger partial charge in [-0.05, 0) is 48.9 Å². The van der Waals surface area contributed by atoms with E-state index >= 15 is 0 Å². The summed E-state index contributed by atoms with van der Waals surface area (Å²) in [6.07, 6.45) is 5.32. The summed E-state index contributed by atoms with van der Waals surface area (Å²) in [6, 6.07) is 10.1. The van der Waals surface area contributed by atoms with Gasteiger partial charge in [-0.1, -0.05) is 19.1 Å². The quantitative estimate of drug-likeness (QED) is 0.882. The van der Waals surface area contributed by atoms with Crippen LogP contribution >= 0.6 is 0 Å². The van der Waals surface area contributed by atoms with Crippen LogP contribution in [0.2, 0.25) is 0 Å². The lowest BCUT2D eigenvalue weighted by Gasteiger charge is -2.30. The molecule has 1 N–H and O–H groups in total. The van der Waals surface area contributed by atoms with Crippen LogP contribution in [0.15, 0.2) is 36.5 Å². The Morgan fingerprint density at radius 3 is 2.83 bits per heavy atom. The Labute approximate surface area is 144 Å². The molecule has 1 fully saturated rings. The minimum atomic E-state index is 0.717. The number of rotatable bonds is 6. The molecule has 0 spiro atoms. The zero-order valence-electron chi connectivity index (χ0n) is 14.5. The van der Waals surface area contributed by atoms with Gasteiger partial charge in [-0.3, -0.25) is 0 Å². The summed E-state index contributed by atoms with van der Waals surface area (Å²) in [5, 5.41) is 3.40. The summed E-state index contributed by atoms with van der Waals surface area (Å²) in [4.78, 5) is 11.4. The van der Waals surface area contributed by atoms with Gasteiger partial charge >= 0.3 is 0 Å². The molecular weight excluding hydrogens is 300 g/mol. The molecule has 1 atom stereocenters. The van der Waals surface area contributed by atoms with Crippen molar-refractivity contribution < 1.29 is 4.74 Å². The highest BCUT2D eigenvalue weighted by Crippen LogP contribution is 2.20. The summed E-state index contributed by atoms with van der Waals surface area (Å²) < 4.78 is 5.18. The minimum absolute atomic E-state index is 0.717. The fourth-order valence-electron chi connectivity index (χ4n) is 3.10. The molecule has 2 heterocycles. The number of nitrogens with zero attached hydrogens (tertiary/aromatic N) is 3. The van der Waals surface area contributed by atoms with E-state index in [4.69, 9.17) is 4.74 Å². The van der Waals surface area contributed by atoms with Gasteiger partial charge in [0.25, 0.3) is 0 Å². The highest BCUT2D eigenvalue weighted by molar-refractivity contribution is 5.41. The first-order chi connectivity index (χ1) is 11.7. The third kappa shape index (κ3) is 4.37. The number of piperidine rings is 1. The molecule has 2 aromatic rings. The maximum absolute atomic E-state index is 5.18. The van der Waals surface area contributed by atoms with E-state index in [9.17, 15) is 0 Å². The van der Waals surface area contributed by atoms with E-state index in [1.165, 1.54) is 18.4 Å². The molecular formula is C19H26N4O. The van der Waals surface area contributed by atoms with E-state index in [1.54, 1.807) is 7.11 Å². The topological polar surface area (TPSA) is 50.3 Å². The standard InChI is InChI=1S/C19H26N4O/c1-15-4-3-13-23(14-15)19-21-12-10-18(22-19)20-11-9-16-5-7-17(24-2)8-6-16/h5-8,10,12,15H,3-4,9,11,13-14H2,1-2H3,(H,20,21,22). The Hall–Kier alpha value is -2.30. The Kier molecular flexibility index (Phi) is 5.51. The molecule has 0 bridgehead atoms. The predicted molar refractivity (Wildman–Crippen MR) is 97.8 cm³/mol. The second-order valence-electron chi connectivity index (χ2n) is 6.46. The van der Waals surface area contributed by atoms with E-state index in [0.29, 0.717) is 5.92 Å². The highest BCUT2D eigenvalue weighted by atomic mass is 16.5. The van der Waals surface area contributed by atoms with Gasteiger partial charge in [0.2, 0.25) is 5.95 Å². The zero-order valence-corrected chi connectivity index (χ0v) is 14.5. The molecule has 0 amide bonds. The molecule has 0 radical (unpaired) electrons. The summed E-state index contributed by atoms with van der Waals surface area (Å²) in [6.45, 7) is 5.25. The number of nitrogens with one attached hydrogen (secondary N) is 1. The zero-order chi connectivity index (χ0) is 16.8. The molecule has 1 saturated heterocycles. The number of hydrogen-bond acceptors (Lipinski definition) is 5. The lowest BCUT2D eigenvalue weighted by molar-refractivity contribution is 0.414. The van der Waals surface area contributed by atoms with Crippen LogP contribution in [-0.4, -0.2) is 36.7 Å². The van der Waals surface area contributed by atoms with Crippen molar-refractivity contribution in [2.45, 2.75) is 26.2 Å². The van der Waals surface area contributed by atoms with Crippen molar-refractivity contribution >= 4 is 11.8 Å². The molecule has 1 unspecified atom stereocenters. The Morgan fingerprint density at radius 1 is 1.25 bits per heavy atom. The van der Waals surface area contributed by atoms with Crippen LogP contribution in [-0.2, 0) is 6.42 Å². The van der Waals surface area contributed by atoms with Crippen molar-refractivity contribution in [2.24, 2.45) is 5.92 Å². The van der Waals surface area contributed by atoms with Crippen LogP contribution in [0.5, 0.6) is 5.75 Å². The van der Waals surface area contributed by atoms with Gasteiger partial charge in [0.1, 0.15) is 11.6 Å². The van der Waals surface area contributed by atoms with Crippen molar-refractivity contribution in [3.05, 3.63) is 42.1 Å². The van der Waals surface area contributed by atoms with E-state index in [1.807, 2.05) is 24.4 Å². The molecule has 128 valence electrons. The first-order valence-electron chi connectivity index (χ1n) is 8.69. The van der Waals surface area contributed by atoms with Crippen LogP contribution in [0.1, 0.15) is 25.3 Å². The Morgan fingerprint density at radius 2 is 2.08 bits per heavy atom. The van der Waals surface area contributed by atoms with Crippen LogP contribution in [0.3, 0.4) is 0 Å². The number of benzene rings is 1. The van der Waals surface area contributed by atoms with Crippen molar-refractivity contribution in [2.75, 3.05) is 37.0 Å². The molecule has 1 aliphatic heterocycles. The molecule has 1 aromatic carbocycles. The van der Waals surface area contributed by atoms with E-state index in [-0.39, 0.29) is 0 Å². The van der Waals surface area contributed by atoms with Crippen molar-refractivity contribution in [1.82, 2.24) is 9.97 Å². The SMILES string of the molecule is COc1ccc(CCNc2ccnc(N3CCCC(C)C3)n2)cc1. The number of hydrogen-bond donors (Lipinski definition) is 1. The van der Waals surface area contributed by atoms with Crippen LogP contribution in [0, 0.1) is 5.92 Å². The van der Waals surface area contributed by atoms with Gasteiger partial charge in [-0.25, -0.2) is 4.98 Å². The first-order valence-corrected chi connectivity index (χ1v) is 8.69. The molecule has 5 nitrogen and oxygen atoms in total. The van der Waals surface area contributed by atoms with Gasteiger partial charge in [0, 0.05) is 25.8 Å². The maximum atomic E-state index is 5.18. The molecule has 3 rings (SSSR count). The van der Waals surface area contributed by atoms with Crippen LogP contribution < -0.4 is 15.0 Å². The number of aromatic nitrogens is 2. The number of anilines is 2. The van der Waals surface area contributed by atoms with Crippen molar-refractivity contribution in [1.29, 1.82) is 0 Å². The van der Waals surface area contributed by atoms with E-state index in [2.05, 4.69) is 39.2 Å². The molecule has 1 aromatic heterocycles. The Bertz CT molecular complexity index is 644. The van der Waals surface area contributed by atoms with Crippen molar-refractivity contribution in [3.63, 3.8) is 0 Å². The normalized spacial score (nSPS) is 17.6. The largest absolute Gasteiger partial charge is 0.497 e. The molecule has 0 aliphatic carbocycles. The van der Waals surface area contributed by atoms with Crippen LogP contribution in [0.25, 0.3) is 0 Å². The maximum Gasteiger partial charge on any atom is 0.227 e. The van der Waals surface area contributed by atoms with E-state index in [0.717, 1.165) is 43.6 Å². The fourth-order valence-corrected chi connectivity index (χ4v) is 3.10. The summed E-state index contributed by atoms with van der Waals surface area (Å²) >= 11 is 0. The van der Waals surface area contributed by atoms with Crippen molar-refractivity contribution in [3.8, 4) is 5.75 Å². The summed E-state index contributed by atoms with van der Waals surface area (Å²) in [5.74, 6) is 3.35.